The zero-order valence-electron chi connectivity index (χ0n) is 20.4. The van der Waals surface area contributed by atoms with Crippen LogP contribution in [0.3, 0.4) is 0 Å². The summed E-state index contributed by atoms with van der Waals surface area (Å²) in [6, 6.07) is 13.4. The monoisotopic (exact) mass is 497 g/mol. The van der Waals surface area contributed by atoms with Crippen molar-refractivity contribution < 1.29 is 13.2 Å². The molecule has 0 bridgehead atoms. The van der Waals surface area contributed by atoms with Crippen molar-refractivity contribution in [1.29, 1.82) is 0 Å². The molecule has 1 aliphatic heterocycles. The first-order valence-corrected chi connectivity index (χ1v) is 12.4. The minimum absolute atomic E-state index is 0.0489. The lowest BCUT2D eigenvalue weighted by Gasteiger charge is -2.21. The summed E-state index contributed by atoms with van der Waals surface area (Å²) in [7, 11) is 0. The van der Waals surface area contributed by atoms with Gasteiger partial charge in [0, 0.05) is 31.2 Å². The summed E-state index contributed by atoms with van der Waals surface area (Å²) in [5.74, 6) is 0.698. The van der Waals surface area contributed by atoms with Crippen molar-refractivity contribution in [3.63, 3.8) is 0 Å². The normalized spacial score (nSPS) is 21.7. The van der Waals surface area contributed by atoms with Crippen molar-refractivity contribution in [3.05, 3.63) is 92.3 Å². The van der Waals surface area contributed by atoms with E-state index in [0.29, 0.717) is 18.0 Å². The lowest BCUT2D eigenvalue weighted by atomic mass is 9.94. The van der Waals surface area contributed by atoms with Gasteiger partial charge in [0.15, 0.2) is 0 Å². The number of halogens is 3. The van der Waals surface area contributed by atoms with Crippen LogP contribution in [0.1, 0.15) is 49.3 Å². The molecular weight excluding hydrogens is 467 g/mol. The van der Waals surface area contributed by atoms with E-state index >= 15 is 0 Å². The smallest absolute Gasteiger partial charge is 0.302 e. The summed E-state index contributed by atoms with van der Waals surface area (Å²) in [6.45, 7) is 7.12. The Hall–Kier alpha value is -3.13. The molecule has 1 saturated heterocycles. The number of likely N-dealkylation sites (tertiary alicyclic amines) is 1. The Morgan fingerprint density at radius 2 is 1.75 bits per heavy atom. The van der Waals surface area contributed by atoms with Crippen LogP contribution in [0.2, 0.25) is 0 Å². The van der Waals surface area contributed by atoms with Crippen LogP contribution in [0.25, 0.3) is 11.1 Å². The molecule has 5 rings (SSSR count). The van der Waals surface area contributed by atoms with E-state index in [1.54, 1.807) is 22.9 Å². The maximum absolute atomic E-state index is 12.9. The molecule has 1 aliphatic carbocycles. The molecule has 190 valence electrons. The summed E-state index contributed by atoms with van der Waals surface area (Å²) < 4.78 is 40.3. The van der Waals surface area contributed by atoms with Gasteiger partial charge in [0.2, 0.25) is 0 Å². The molecule has 1 N–H and O–H groups in total. The van der Waals surface area contributed by atoms with Crippen molar-refractivity contribution in [3.8, 4) is 11.1 Å². The molecule has 0 spiro atoms. The fourth-order valence-corrected chi connectivity index (χ4v) is 5.77. The van der Waals surface area contributed by atoms with Crippen molar-refractivity contribution in [1.82, 2.24) is 14.5 Å². The summed E-state index contributed by atoms with van der Waals surface area (Å²) in [5, 5.41) is 0. The zero-order valence-corrected chi connectivity index (χ0v) is 20.4. The third kappa shape index (κ3) is 4.54. The van der Waals surface area contributed by atoms with E-state index in [1.165, 1.54) is 12.1 Å². The molecule has 0 amide bonds. The largest absolute Gasteiger partial charge is 0.416 e. The number of benzene rings is 2. The van der Waals surface area contributed by atoms with Gasteiger partial charge >= 0.3 is 11.9 Å². The number of H-pyrrole nitrogens is 1. The Bertz CT molecular complexity index is 1370. The van der Waals surface area contributed by atoms with Gasteiger partial charge in [-0.05, 0) is 60.0 Å². The van der Waals surface area contributed by atoms with Crippen LogP contribution in [0.5, 0.6) is 0 Å². The first kappa shape index (κ1) is 24.6. The Morgan fingerprint density at radius 3 is 2.44 bits per heavy atom. The van der Waals surface area contributed by atoms with Gasteiger partial charge in [-0.2, -0.15) is 13.2 Å². The summed E-state index contributed by atoms with van der Waals surface area (Å²) >= 11 is 0. The lowest BCUT2D eigenvalue weighted by molar-refractivity contribution is -0.137. The highest BCUT2D eigenvalue weighted by molar-refractivity contribution is 5.66. The van der Waals surface area contributed by atoms with Crippen LogP contribution >= 0.6 is 0 Å². The first-order chi connectivity index (χ1) is 17.1. The number of aromatic amines is 1. The molecule has 1 saturated carbocycles. The molecule has 8 heteroatoms. The predicted octanol–water partition coefficient (Wildman–Crippen LogP) is 5.01. The standard InChI is InChI=1S/C28H30F3N3O2/c1-18(2)22-6-3-4-7-23(22)24-16-34(26(36)32-25(24)35)13-5-12-33-15-21-14-27(21,17-33)19-8-10-20(11-9-19)28(29,30)31/h3-4,6-11,16,18,21H,5,12-15,17H2,1-2H3,(H,32,35,36)/t21-,27+/m0/s1. The lowest BCUT2D eigenvalue weighted by Crippen LogP contribution is -2.32. The highest BCUT2D eigenvalue weighted by atomic mass is 19.4. The third-order valence-electron chi connectivity index (χ3n) is 7.76. The summed E-state index contributed by atoms with van der Waals surface area (Å²) in [6.07, 6.45) is -0.926. The van der Waals surface area contributed by atoms with E-state index < -0.39 is 17.4 Å². The minimum atomic E-state index is -4.32. The van der Waals surface area contributed by atoms with Crippen LogP contribution in [-0.2, 0) is 18.1 Å². The number of aryl methyl sites for hydroxylation is 1. The average Bonchev–Trinajstić information content (AvgIpc) is 3.41. The van der Waals surface area contributed by atoms with Gasteiger partial charge in [0.25, 0.3) is 5.56 Å². The number of hydrogen-bond donors (Lipinski definition) is 1. The molecule has 2 aliphatic rings. The van der Waals surface area contributed by atoms with Gasteiger partial charge in [0.1, 0.15) is 0 Å². The number of piperidine rings is 1. The second-order valence-electron chi connectivity index (χ2n) is 10.5. The number of nitrogens with zero attached hydrogens (tertiary/aromatic N) is 2. The van der Waals surface area contributed by atoms with Crippen LogP contribution in [0.4, 0.5) is 13.2 Å². The third-order valence-corrected chi connectivity index (χ3v) is 7.76. The van der Waals surface area contributed by atoms with Crippen LogP contribution < -0.4 is 11.2 Å². The number of aromatic nitrogens is 2. The number of hydrogen-bond acceptors (Lipinski definition) is 3. The topological polar surface area (TPSA) is 58.1 Å². The number of nitrogens with one attached hydrogen (secondary N) is 1. The minimum Gasteiger partial charge on any atom is -0.302 e. The second kappa shape index (κ2) is 9.07. The molecule has 3 aromatic rings. The van der Waals surface area contributed by atoms with Gasteiger partial charge in [-0.3, -0.25) is 14.3 Å². The molecule has 1 aromatic heterocycles. The molecule has 2 heterocycles. The van der Waals surface area contributed by atoms with Crippen molar-refractivity contribution in [2.24, 2.45) is 5.92 Å². The maximum Gasteiger partial charge on any atom is 0.416 e. The second-order valence-corrected chi connectivity index (χ2v) is 10.5. The van der Waals surface area contributed by atoms with Crippen molar-refractivity contribution in [2.45, 2.75) is 50.7 Å². The quantitative estimate of drug-likeness (QED) is 0.499. The van der Waals surface area contributed by atoms with Crippen LogP contribution in [0.15, 0.2) is 64.3 Å². The first-order valence-electron chi connectivity index (χ1n) is 12.4. The Labute approximate surface area is 207 Å². The molecule has 2 atom stereocenters. The van der Waals surface area contributed by atoms with Crippen molar-refractivity contribution in [2.75, 3.05) is 19.6 Å². The van der Waals surface area contributed by atoms with E-state index in [2.05, 4.69) is 23.7 Å². The van der Waals surface area contributed by atoms with Gasteiger partial charge in [-0.1, -0.05) is 50.2 Å². The fourth-order valence-electron chi connectivity index (χ4n) is 5.77. The molecule has 2 aromatic carbocycles. The predicted molar refractivity (Wildman–Crippen MR) is 133 cm³/mol. The molecule has 36 heavy (non-hydrogen) atoms. The molecular formula is C28H30F3N3O2. The van der Waals surface area contributed by atoms with E-state index in [1.807, 2.05) is 24.3 Å². The van der Waals surface area contributed by atoms with E-state index in [0.717, 1.165) is 49.2 Å². The molecule has 0 radical (unpaired) electrons. The van der Waals surface area contributed by atoms with Gasteiger partial charge in [-0.15, -0.1) is 0 Å². The van der Waals surface area contributed by atoms with E-state index in [4.69, 9.17) is 0 Å². The van der Waals surface area contributed by atoms with Crippen LogP contribution in [0, 0.1) is 5.92 Å². The van der Waals surface area contributed by atoms with Crippen molar-refractivity contribution >= 4 is 0 Å². The number of rotatable bonds is 7. The Morgan fingerprint density at radius 1 is 1.03 bits per heavy atom. The summed E-state index contributed by atoms with van der Waals surface area (Å²) in [4.78, 5) is 29.9. The van der Waals surface area contributed by atoms with E-state index in [-0.39, 0.29) is 16.9 Å². The molecule has 0 unspecified atom stereocenters. The Balaban J connectivity index is 1.25. The van der Waals surface area contributed by atoms with Gasteiger partial charge < -0.3 is 4.90 Å². The van der Waals surface area contributed by atoms with E-state index in [9.17, 15) is 22.8 Å². The zero-order chi connectivity index (χ0) is 25.7. The van der Waals surface area contributed by atoms with Crippen LogP contribution in [-0.4, -0.2) is 34.1 Å². The molecule has 2 fully saturated rings. The molecule has 5 nitrogen and oxygen atoms in total. The maximum atomic E-state index is 12.9. The summed E-state index contributed by atoms with van der Waals surface area (Å²) in [5.41, 5.74) is 1.89. The van der Waals surface area contributed by atoms with Gasteiger partial charge in [0.05, 0.1) is 11.1 Å². The number of fused-ring (bicyclic) bond motifs is 1. The number of alkyl halides is 3. The highest BCUT2D eigenvalue weighted by Gasteiger charge is 2.60. The fraction of sp³-hybridized carbons (Fsp3) is 0.429. The highest BCUT2D eigenvalue weighted by Crippen LogP contribution is 2.59. The Kier molecular flexibility index (Phi) is 6.19. The SMILES string of the molecule is CC(C)c1ccccc1-c1cn(CCCN2C[C@@H]3C[C@]3(c3ccc(C(F)(F)F)cc3)C2)c(=O)[nH]c1=O. The van der Waals surface area contributed by atoms with Gasteiger partial charge in [-0.25, -0.2) is 4.79 Å². The average molecular weight is 498 g/mol.